The summed E-state index contributed by atoms with van der Waals surface area (Å²) in [4.78, 5) is 5.72. The standard InChI is InChI=1S/C12H14F3N3/c13-12(14,15)10-1-11(5-17-4-10)18-6-8-2-16-3-9(8)7-18/h1,4-5,8-9,16H,2-3,6-7H2. The van der Waals surface area contributed by atoms with Crippen LogP contribution in [-0.2, 0) is 6.18 Å². The van der Waals surface area contributed by atoms with Gasteiger partial charge in [0.05, 0.1) is 17.4 Å². The summed E-state index contributed by atoms with van der Waals surface area (Å²) in [7, 11) is 0. The Morgan fingerprint density at radius 3 is 2.44 bits per heavy atom. The average Bonchev–Trinajstić information content (AvgIpc) is 2.88. The number of anilines is 1. The average molecular weight is 257 g/mol. The van der Waals surface area contributed by atoms with Gasteiger partial charge in [-0.15, -0.1) is 0 Å². The Morgan fingerprint density at radius 1 is 1.17 bits per heavy atom. The van der Waals surface area contributed by atoms with E-state index in [9.17, 15) is 13.2 Å². The fraction of sp³-hybridized carbons (Fsp3) is 0.583. The van der Waals surface area contributed by atoms with Crippen molar-refractivity contribution in [3.8, 4) is 0 Å². The molecule has 0 bridgehead atoms. The van der Waals surface area contributed by atoms with Crippen LogP contribution >= 0.6 is 0 Å². The fourth-order valence-electron chi connectivity index (χ4n) is 2.82. The highest BCUT2D eigenvalue weighted by molar-refractivity contribution is 5.48. The van der Waals surface area contributed by atoms with Crippen molar-refractivity contribution in [2.24, 2.45) is 11.8 Å². The van der Waals surface area contributed by atoms with Crippen LogP contribution < -0.4 is 10.2 Å². The van der Waals surface area contributed by atoms with Gasteiger partial charge < -0.3 is 10.2 Å². The molecule has 0 spiro atoms. The van der Waals surface area contributed by atoms with Crippen molar-refractivity contribution in [1.82, 2.24) is 10.3 Å². The Labute approximate surface area is 103 Å². The van der Waals surface area contributed by atoms with Gasteiger partial charge in [0.1, 0.15) is 0 Å². The lowest BCUT2D eigenvalue weighted by Crippen LogP contribution is -2.25. The number of hydrogen-bond acceptors (Lipinski definition) is 3. The van der Waals surface area contributed by atoms with E-state index in [1.807, 2.05) is 4.90 Å². The predicted molar refractivity (Wildman–Crippen MR) is 61.3 cm³/mol. The molecule has 2 fully saturated rings. The zero-order valence-electron chi connectivity index (χ0n) is 9.74. The highest BCUT2D eigenvalue weighted by atomic mass is 19.4. The number of nitrogens with one attached hydrogen (secondary N) is 1. The van der Waals surface area contributed by atoms with Crippen molar-refractivity contribution < 1.29 is 13.2 Å². The van der Waals surface area contributed by atoms with E-state index in [0.717, 1.165) is 32.4 Å². The van der Waals surface area contributed by atoms with E-state index in [4.69, 9.17) is 0 Å². The smallest absolute Gasteiger partial charge is 0.370 e. The van der Waals surface area contributed by atoms with Crippen molar-refractivity contribution in [3.63, 3.8) is 0 Å². The van der Waals surface area contributed by atoms with Crippen LogP contribution in [0.15, 0.2) is 18.5 Å². The maximum Gasteiger partial charge on any atom is 0.417 e. The number of alkyl halides is 3. The summed E-state index contributed by atoms with van der Waals surface area (Å²) >= 11 is 0. The van der Waals surface area contributed by atoms with Gasteiger partial charge in [0.25, 0.3) is 0 Å². The van der Waals surface area contributed by atoms with Gasteiger partial charge in [-0.05, 0) is 17.9 Å². The molecule has 2 atom stereocenters. The molecule has 6 heteroatoms. The largest absolute Gasteiger partial charge is 0.417 e. The van der Waals surface area contributed by atoms with Gasteiger partial charge in [-0.2, -0.15) is 13.2 Å². The summed E-state index contributed by atoms with van der Waals surface area (Å²) in [5, 5.41) is 3.31. The molecule has 3 nitrogen and oxygen atoms in total. The summed E-state index contributed by atoms with van der Waals surface area (Å²) in [6.07, 6.45) is -1.92. The van der Waals surface area contributed by atoms with Crippen molar-refractivity contribution in [2.75, 3.05) is 31.1 Å². The number of nitrogens with zero attached hydrogens (tertiary/aromatic N) is 2. The second-order valence-electron chi connectivity index (χ2n) is 5.01. The SMILES string of the molecule is FC(F)(F)c1cncc(N2CC3CNCC3C2)c1. The molecule has 2 unspecified atom stereocenters. The molecule has 3 rings (SSSR count). The zero-order chi connectivity index (χ0) is 12.8. The molecule has 3 heterocycles. The van der Waals surface area contributed by atoms with Gasteiger partial charge in [0.2, 0.25) is 0 Å². The van der Waals surface area contributed by atoms with Gasteiger partial charge in [-0.25, -0.2) is 0 Å². The Morgan fingerprint density at radius 2 is 1.83 bits per heavy atom. The fourth-order valence-corrected chi connectivity index (χ4v) is 2.82. The first-order valence-electron chi connectivity index (χ1n) is 6.02. The molecule has 2 aliphatic heterocycles. The maximum atomic E-state index is 12.6. The number of pyridine rings is 1. The van der Waals surface area contributed by atoms with Gasteiger partial charge in [0, 0.05) is 32.4 Å². The number of halogens is 3. The summed E-state index contributed by atoms with van der Waals surface area (Å²) < 4.78 is 37.9. The lowest BCUT2D eigenvalue weighted by Gasteiger charge is -2.20. The topological polar surface area (TPSA) is 28.2 Å². The minimum atomic E-state index is -4.32. The highest BCUT2D eigenvalue weighted by Crippen LogP contribution is 2.34. The molecule has 2 aliphatic rings. The van der Waals surface area contributed by atoms with Crippen LogP contribution in [0.4, 0.5) is 18.9 Å². The molecule has 98 valence electrons. The van der Waals surface area contributed by atoms with E-state index >= 15 is 0 Å². The highest BCUT2D eigenvalue weighted by Gasteiger charge is 2.37. The molecule has 1 aromatic rings. The number of fused-ring (bicyclic) bond motifs is 1. The second-order valence-corrected chi connectivity index (χ2v) is 5.01. The van der Waals surface area contributed by atoms with Gasteiger partial charge in [-0.1, -0.05) is 0 Å². The molecule has 1 N–H and O–H groups in total. The van der Waals surface area contributed by atoms with Crippen molar-refractivity contribution >= 4 is 5.69 Å². The van der Waals surface area contributed by atoms with Gasteiger partial charge in [0.15, 0.2) is 0 Å². The molecule has 2 saturated heterocycles. The van der Waals surface area contributed by atoms with Gasteiger partial charge in [-0.3, -0.25) is 4.98 Å². The first kappa shape index (κ1) is 11.8. The van der Waals surface area contributed by atoms with Crippen molar-refractivity contribution in [1.29, 1.82) is 0 Å². The van der Waals surface area contributed by atoms with Crippen LogP contribution in [0.5, 0.6) is 0 Å². The summed E-state index contributed by atoms with van der Waals surface area (Å²) in [6, 6.07) is 1.20. The predicted octanol–water partition coefficient (Wildman–Crippen LogP) is 1.76. The maximum absolute atomic E-state index is 12.6. The van der Waals surface area contributed by atoms with E-state index in [1.165, 1.54) is 12.3 Å². The normalized spacial score (nSPS) is 27.6. The Balaban J connectivity index is 1.81. The Bertz CT molecular complexity index is 434. The third kappa shape index (κ3) is 2.05. The molecule has 0 aromatic carbocycles. The van der Waals surface area contributed by atoms with E-state index in [-0.39, 0.29) is 0 Å². The first-order chi connectivity index (χ1) is 8.54. The van der Waals surface area contributed by atoms with Crippen LogP contribution in [0.25, 0.3) is 0 Å². The van der Waals surface area contributed by atoms with E-state index in [1.54, 1.807) is 0 Å². The van der Waals surface area contributed by atoms with Crippen LogP contribution in [0.1, 0.15) is 5.56 Å². The molecular formula is C12H14F3N3. The molecule has 0 aliphatic carbocycles. The minimum Gasteiger partial charge on any atom is -0.370 e. The molecular weight excluding hydrogens is 243 g/mol. The zero-order valence-corrected chi connectivity index (χ0v) is 9.74. The summed E-state index contributed by atoms with van der Waals surface area (Å²) in [5.41, 5.74) is -0.0885. The van der Waals surface area contributed by atoms with E-state index < -0.39 is 11.7 Å². The quantitative estimate of drug-likeness (QED) is 0.831. The molecule has 1 aromatic heterocycles. The van der Waals surface area contributed by atoms with E-state index in [2.05, 4.69) is 10.3 Å². The Hall–Kier alpha value is -1.30. The van der Waals surface area contributed by atoms with Crippen LogP contribution in [0.3, 0.4) is 0 Å². The van der Waals surface area contributed by atoms with Crippen LogP contribution in [-0.4, -0.2) is 31.2 Å². The lowest BCUT2D eigenvalue weighted by atomic mass is 10.0. The number of rotatable bonds is 1. The van der Waals surface area contributed by atoms with Crippen molar-refractivity contribution in [3.05, 3.63) is 24.0 Å². The number of hydrogen-bond donors (Lipinski definition) is 1. The van der Waals surface area contributed by atoms with Crippen molar-refractivity contribution in [2.45, 2.75) is 6.18 Å². The van der Waals surface area contributed by atoms with Crippen LogP contribution in [0, 0.1) is 11.8 Å². The minimum absolute atomic E-state index is 0.555. The monoisotopic (exact) mass is 257 g/mol. The number of aromatic nitrogens is 1. The molecule has 18 heavy (non-hydrogen) atoms. The van der Waals surface area contributed by atoms with Crippen LogP contribution in [0.2, 0.25) is 0 Å². The van der Waals surface area contributed by atoms with Gasteiger partial charge >= 0.3 is 6.18 Å². The Kier molecular flexibility index (Phi) is 2.69. The van der Waals surface area contributed by atoms with E-state index in [0.29, 0.717) is 17.5 Å². The molecule has 0 radical (unpaired) electrons. The first-order valence-corrected chi connectivity index (χ1v) is 6.02. The lowest BCUT2D eigenvalue weighted by molar-refractivity contribution is -0.137. The third-order valence-corrected chi connectivity index (χ3v) is 3.81. The summed E-state index contributed by atoms with van der Waals surface area (Å²) in [6.45, 7) is 3.57. The molecule has 0 amide bonds. The molecule has 0 saturated carbocycles. The summed E-state index contributed by atoms with van der Waals surface area (Å²) in [5.74, 6) is 1.11. The second kappa shape index (κ2) is 4.12. The third-order valence-electron chi connectivity index (χ3n) is 3.81.